The summed E-state index contributed by atoms with van der Waals surface area (Å²) in [7, 11) is 1.51. The summed E-state index contributed by atoms with van der Waals surface area (Å²) < 4.78 is 6.73. The minimum absolute atomic E-state index is 0.175. The molecule has 0 saturated heterocycles. The fourth-order valence-corrected chi connectivity index (χ4v) is 4.20. The lowest BCUT2D eigenvalue weighted by molar-refractivity contribution is 0.0974. The van der Waals surface area contributed by atoms with Gasteiger partial charge in [-0.25, -0.2) is 0 Å². The summed E-state index contributed by atoms with van der Waals surface area (Å²) in [5, 5.41) is 6.90. The average Bonchev–Trinajstić information content (AvgIpc) is 2.61. The number of hydrogen-bond acceptors (Lipinski definition) is 4. The van der Waals surface area contributed by atoms with E-state index in [2.05, 4.69) is 47.5 Å². The van der Waals surface area contributed by atoms with Crippen molar-refractivity contribution in [3.8, 4) is 5.75 Å². The third kappa shape index (κ3) is 4.45. The van der Waals surface area contributed by atoms with Gasteiger partial charge in [0.15, 0.2) is 5.11 Å². The monoisotopic (exact) mass is 507 g/mol. The molecule has 1 aromatic heterocycles. The highest BCUT2D eigenvalue weighted by Crippen LogP contribution is 2.32. The Morgan fingerprint density at radius 1 is 1.19 bits per heavy atom. The van der Waals surface area contributed by atoms with Gasteiger partial charge >= 0.3 is 0 Å². The van der Waals surface area contributed by atoms with E-state index in [1.165, 1.54) is 7.11 Å². The molecule has 0 atom stereocenters. The van der Waals surface area contributed by atoms with Crippen molar-refractivity contribution in [2.24, 2.45) is 0 Å². The summed E-state index contributed by atoms with van der Waals surface area (Å²) in [6.45, 7) is 1.92. The number of amides is 1. The zero-order chi connectivity index (χ0) is 19.6. The molecule has 2 N–H and O–H groups in total. The highest BCUT2D eigenvalue weighted by atomic mass is 79.9. The second-order valence-corrected chi connectivity index (χ2v) is 7.88. The van der Waals surface area contributed by atoms with Crippen molar-refractivity contribution >= 4 is 71.7 Å². The molecule has 0 fully saturated rings. The fourth-order valence-electron chi connectivity index (χ4n) is 2.61. The minimum atomic E-state index is -0.379. The highest BCUT2D eigenvalue weighted by molar-refractivity contribution is 9.11. The largest absolute Gasteiger partial charge is 0.495 e. The van der Waals surface area contributed by atoms with E-state index in [1.807, 2.05) is 37.3 Å². The van der Waals surface area contributed by atoms with E-state index in [1.54, 1.807) is 12.1 Å². The molecule has 138 valence electrons. The second kappa shape index (κ2) is 8.33. The van der Waals surface area contributed by atoms with Crippen molar-refractivity contribution in [1.29, 1.82) is 0 Å². The normalized spacial score (nSPS) is 10.5. The van der Waals surface area contributed by atoms with Gasteiger partial charge in [0.1, 0.15) is 5.75 Å². The number of nitrogens with zero attached hydrogens (tertiary/aromatic N) is 1. The first kappa shape index (κ1) is 19.7. The minimum Gasteiger partial charge on any atom is -0.495 e. The van der Waals surface area contributed by atoms with Crippen molar-refractivity contribution in [2.45, 2.75) is 6.92 Å². The van der Waals surface area contributed by atoms with Gasteiger partial charge in [0.05, 0.1) is 28.4 Å². The number of nitrogens with one attached hydrogen (secondary N) is 2. The lowest BCUT2D eigenvalue weighted by Gasteiger charge is -2.14. The lowest BCUT2D eigenvalue weighted by atomic mass is 10.1. The molecule has 3 rings (SSSR count). The third-order valence-electron chi connectivity index (χ3n) is 3.79. The van der Waals surface area contributed by atoms with Crippen molar-refractivity contribution in [3.63, 3.8) is 0 Å². The SMILES string of the molecule is COc1c(Br)cc(Br)cc1C(=O)NC(=S)Nc1cccc2ccc(C)nc12. The van der Waals surface area contributed by atoms with Crippen LogP contribution in [0.15, 0.2) is 51.4 Å². The number of rotatable bonds is 3. The molecule has 0 spiro atoms. The molecule has 0 saturated carbocycles. The van der Waals surface area contributed by atoms with E-state index >= 15 is 0 Å². The van der Waals surface area contributed by atoms with E-state index < -0.39 is 0 Å². The van der Waals surface area contributed by atoms with Crippen LogP contribution in [0.1, 0.15) is 16.1 Å². The van der Waals surface area contributed by atoms with Crippen LogP contribution < -0.4 is 15.4 Å². The highest BCUT2D eigenvalue weighted by Gasteiger charge is 2.17. The zero-order valence-electron chi connectivity index (χ0n) is 14.5. The number of aromatic nitrogens is 1. The van der Waals surface area contributed by atoms with Gasteiger partial charge in [0.2, 0.25) is 0 Å². The number of carbonyl (C=O) groups excluding carboxylic acids is 1. The lowest BCUT2D eigenvalue weighted by Crippen LogP contribution is -2.34. The topological polar surface area (TPSA) is 63.2 Å². The van der Waals surface area contributed by atoms with Gasteiger partial charge < -0.3 is 10.1 Å². The number of methoxy groups -OCH3 is 1. The molecule has 1 heterocycles. The number of hydrogen-bond donors (Lipinski definition) is 2. The van der Waals surface area contributed by atoms with Crippen molar-refractivity contribution in [2.75, 3.05) is 12.4 Å². The number of halogens is 2. The molecular weight excluding hydrogens is 494 g/mol. The van der Waals surface area contributed by atoms with E-state index in [4.69, 9.17) is 17.0 Å². The van der Waals surface area contributed by atoms with Crippen LogP contribution in [0.25, 0.3) is 10.9 Å². The van der Waals surface area contributed by atoms with Crippen LogP contribution in [0.4, 0.5) is 5.69 Å². The van der Waals surface area contributed by atoms with E-state index in [0.717, 1.165) is 26.8 Å². The summed E-state index contributed by atoms with van der Waals surface area (Å²) in [6.07, 6.45) is 0. The number of carbonyl (C=O) groups is 1. The number of ether oxygens (including phenoxy) is 1. The summed E-state index contributed by atoms with van der Waals surface area (Å²) >= 11 is 12.1. The summed E-state index contributed by atoms with van der Waals surface area (Å²) in [5.41, 5.74) is 2.77. The van der Waals surface area contributed by atoms with Crippen LogP contribution in [-0.4, -0.2) is 23.1 Å². The van der Waals surface area contributed by atoms with Crippen LogP contribution in [-0.2, 0) is 0 Å². The Morgan fingerprint density at radius 3 is 2.70 bits per heavy atom. The Labute approximate surface area is 178 Å². The predicted octanol–water partition coefficient (Wildman–Crippen LogP) is 5.20. The van der Waals surface area contributed by atoms with Crippen molar-refractivity contribution < 1.29 is 9.53 Å². The van der Waals surface area contributed by atoms with Gasteiger partial charge in [-0.15, -0.1) is 0 Å². The number of thiocarbonyl (C=S) groups is 1. The summed E-state index contributed by atoms with van der Waals surface area (Å²) in [6, 6.07) is 13.2. The number of aryl methyl sites for hydroxylation is 1. The van der Waals surface area contributed by atoms with E-state index in [-0.39, 0.29) is 11.0 Å². The van der Waals surface area contributed by atoms with Gasteiger partial charge in [0, 0.05) is 15.6 Å². The quantitative estimate of drug-likeness (QED) is 0.476. The molecule has 0 aliphatic carbocycles. The van der Waals surface area contributed by atoms with E-state index in [9.17, 15) is 4.79 Å². The van der Waals surface area contributed by atoms with Gasteiger partial charge in [-0.05, 0) is 59.3 Å². The Kier molecular flexibility index (Phi) is 6.08. The van der Waals surface area contributed by atoms with Gasteiger partial charge in [-0.1, -0.05) is 34.1 Å². The first-order valence-electron chi connectivity index (χ1n) is 7.91. The molecular formula is C19H15Br2N3O2S. The predicted molar refractivity (Wildman–Crippen MR) is 119 cm³/mol. The molecule has 5 nitrogen and oxygen atoms in total. The number of anilines is 1. The molecule has 0 unspecified atom stereocenters. The van der Waals surface area contributed by atoms with Crippen molar-refractivity contribution in [3.05, 3.63) is 62.7 Å². The standard InChI is InChI=1S/C19H15Br2N3O2S/c1-10-6-7-11-4-3-5-15(16(11)22-10)23-19(27)24-18(25)13-8-12(20)9-14(21)17(13)26-2/h3-9H,1-2H3,(H2,23,24,25,27). The second-order valence-electron chi connectivity index (χ2n) is 5.71. The number of benzene rings is 2. The Bertz CT molecular complexity index is 1060. The average molecular weight is 509 g/mol. The van der Waals surface area contributed by atoms with Crippen LogP contribution in [0.5, 0.6) is 5.75 Å². The molecule has 0 bridgehead atoms. The van der Waals surface area contributed by atoms with Crippen LogP contribution in [0.2, 0.25) is 0 Å². The molecule has 27 heavy (non-hydrogen) atoms. The van der Waals surface area contributed by atoms with Crippen LogP contribution in [0, 0.1) is 6.92 Å². The fraction of sp³-hybridized carbons (Fsp3) is 0.105. The van der Waals surface area contributed by atoms with Gasteiger partial charge in [0.25, 0.3) is 5.91 Å². The smallest absolute Gasteiger partial charge is 0.261 e. The number of para-hydroxylation sites is 1. The van der Waals surface area contributed by atoms with Gasteiger partial charge in [-0.2, -0.15) is 0 Å². The maximum Gasteiger partial charge on any atom is 0.261 e. The molecule has 3 aromatic rings. The first-order chi connectivity index (χ1) is 12.9. The first-order valence-corrected chi connectivity index (χ1v) is 9.90. The maximum absolute atomic E-state index is 12.7. The van der Waals surface area contributed by atoms with Crippen molar-refractivity contribution in [1.82, 2.24) is 10.3 Å². The maximum atomic E-state index is 12.7. The van der Waals surface area contributed by atoms with E-state index in [0.29, 0.717) is 15.8 Å². The summed E-state index contributed by atoms with van der Waals surface area (Å²) in [5.74, 6) is 0.0525. The molecule has 0 aliphatic rings. The number of pyridine rings is 1. The summed E-state index contributed by atoms with van der Waals surface area (Å²) in [4.78, 5) is 17.2. The Balaban J connectivity index is 1.83. The molecule has 2 aromatic carbocycles. The molecule has 1 amide bonds. The Hall–Kier alpha value is -2.03. The molecule has 0 radical (unpaired) electrons. The Morgan fingerprint density at radius 2 is 1.96 bits per heavy atom. The van der Waals surface area contributed by atoms with Crippen LogP contribution in [0.3, 0.4) is 0 Å². The third-order valence-corrected chi connectivity index (χ3v) is 5.04. The van der Waals surface area contributed by atoms with Crippen LogP contribution >= 0.6 is 44.1 Å². The molecule has 8 heteroatoms. The molecule has 0 aliphatic heterocycles. The zero-order valence-corrected chi connectivity index (χ0v) is 18.5. The number of fused-ring (bicyclic) bond motifs is 1. The van der Waals surface area contributed by atoms with Gasteiger partial charge in [-0.3, -0.25) is 15.1 Å².